The van der Waals surface area contributed by atoms with Gasteiger partial charge in [0.05, 0.1) is 13.0 Å². The second-order valence-corrected chi connectivity index (χ2v) is 5.16. The van der Waals surface area contributed by atoms with Crippen molar-refractivity contribution in [2.24, 2.45) is 0 Å². The van der Waals surface area contributed by atoms with Gasteiger partial charge in [-0.15, -0.1) is 11.3 Å². The lowest BCUT2D eigenvalue weighted by Crippen LogP contribution is -2.14. The van der Waals surface area contributed by atoms with E-state index in [1.54, 1.807) is 24.5 Å². The first-order valence-corrected chi connectivity index (χ1v) is 7.52. The molecule has 110 valence electrons. The molecule has 0 radical (unpaired) electrons. The van der Waals surface area contributed by atoms with Crippen LogP contribution in [-0.4, -0.2) is 23.5 Å². The summed E-state index contributed by atoms with van der Waals surface area (Å²) in [5.41, 5.74) is 1.71. The van der Waals surface area contributed by atoms with Crippen LogP contribution in [0, 0.1) is 0 Å². The van der Waals surface area contributed by atoms with E-state index < -0.39 is 0 Å². The first kappa shape index (κ1) is 15.2. The largest absolute Gasteiger partial charge is 0.466 e. The zero-order chi connectivity index (χ0) is 15.1. The van der Waals surface area contributed by atoms with E-state index in [0.717, 1.165) is 10.6 Å². The average Bonchev–Trinajstić information content (AvgIpc) is 3.00. The van der Waals surface area contributed by atoms with E-state index in [9.17, 15) is 9.59 Å². The zero-order valence-corrected chi connectivity index (χ0v) is 12.5. The Morgan fingerprint density at radius 2 is 2.00 bits per heavy atom. The summed E-state index contributed by atoms with van der Waals surface area (Å²) < 4.78 is 4.77. The number of hydrogen-bond acceptors (Lipinski definition) is 5. The van der Waals surface area contributed by atoms with Gasteiger partial charge in [-0.05, 0) is 31.2 Å². The molecule has 0 atom stereocenters. The first-order chi connectivity index (χ1) is 10.2. The third-order valence-electron chi connectivity index (χ3n) is 2.71. The normalized spacial score (nSPS) is 10.1. The van der Waals surface area contributed by atoms with Crippen LogP contribution >= 0.6 is 11.3 Å². The number of nitrogens with one attached hydrogen (secondary N) is 1. The molecule has 0 aliphatic carbocycles. The van der Waals surface area contributed by atoms with Gasteiger partial charge in [0.2, 0.25) is 5.91 Å². The number of amides is 1. The van der Waals surface area contributed by atoms with Crippen molar-refractivity contribution in [1.29, 1.82) is 0 Å². The third-order valence-corrected chi connectivity index (χ3v) is 3.53. The van der Waals surface area contributed by atoms with Crippen molar-refractivity contribution >= 4 is 28.9 Å². The second-order valence-electron chi connectivity index (χ2n) is 4.27. The summed E-state index contributed by atoms with van der Waals surface area (Å²) in [4.78, 5) is 27.1. The highest BCUT2D eigenvalue weighted by molar-refractivity contribution is 7.13. The Balaban J connectivity index is 1.85. The van der Waals surface area contributed by atoms with Crippen LogP contribution < -0.4 is 5.32 Å². The number of rotatable bonds is 6. The van der Waals surface area contributed by atoms with Gasteiger partial charge in [-0.2, -0.15) is 0 Å². The highest BCUT2D eigenvalue weighted by Gasteiger charge is 2.08. The van der Waals surface area contributed by atoms with Gasteiger partial charge in [-0.3, -0.25) is 9.59 Å². The van der Waals surface area contributed by atoms with Crippen LogP contribution in [0.1, 0.15) is 19.8 Å². The second kappa shape index (κ2) is 7.54. The summed E-state index contributed by atoms with van der Waals surface area (Å²) in [5, 5.41) is 5.61. The topological polar surface area (TPSA) is 68.3 Å². The molecule has 0 unspecified atom stereocenters. The number of aromatic nitrogens is 1. The van der Waals surface area contributed by atoms with Gasteiger partial charge < -0.3 is 10.1 Å². The Kier molecular flexibility index (Phi) is 5.45. The number of carbonyl (C=O) groups is 2. The van der Waals surface area contributed by atoms with Crippen LogP contribution in [0.5, 0.6) is 0 Å². The van der Waals surface area contributed by atoms with Crippen LogP contribution in [-0.2, 0) is 14.3 Å². The number of nitrogens with zero attached hydrogens (tertiary/aromatic N) is 1. The average molecular weight is 304 g/mol. The van der Waals surface area contributed by atoms with Gasteiger partial charge in [0.1, 0.15) is 5.01 Å². The quantitative estimate of drug-likeness (QED) is 0.833. The predicted molar refractivity (Wildman–Crippen MR) is 82.0 cm³/mol. The molecule has 2 aromatic rings. The van der Waals surface area contributed by atoms with E-state index in [2.05, 4.69) is 10.3 Å². The molecule has 1 amide bonds. The first-order valence-electron chi connectivity index (χ1n) is 6.64. The lowest BCUT2D eigenvalue weighted by molar-refractivity contribution is -0.144. The van der Waals surface area contributed by atoms with Crippen molar-refractivity contribution in [3.8, 4) is 10.6 Å². The number of ether oxygens (including phenoxy) is 1. The third kappa shape index (κ3) is 4.68. The Bertz CT molecular complexity index is 594. The molecule has 0 bridgehead atoms. The number of anilines is 1. The van der Waals surface area contributed by atoms with E-state index >= 15 is 0 Å². The minimum absolute atomic E-state index is 0.0941. The number of benzene rings is 1. The Morgan fingerprint density at radius 3 is 2.62 bits per heavy atom. The zero-order valence-electron chi connectivity index (χ0n) is 11.7. The number of hydrogen-bond donors (Lipinski definition) is 1. The van der Waals surface area contributed by atoms with Crippen molar-refractivity contribution in [3.05, 3.63) is 35.8 Å². The maximum atomic E-state index is 11.7. The molecule has 0 saturated carbocycles. The molecule has 0 aliphatic rings. The Morgan fingerprint density at radius 1 is 1.24 bits per heavy atom. The van der Waals surface area contributed by atoms with Crippen LogP contribution in [0.25, 0.3) is 10.6 Å². The summed E-state index contributed by atoms with van der Waals surface area (Å²) in [6, 6.07) is 7.44. The van der Waals surface area contributed by atoms with E-state index in [-0.39, 0.29) is 24.7 Å². The molecule has 5 nitrogen and oxygen atoms in total. The molecule has 21 heavy (non-hydrogen) atoms. The fraction of sp³-hybridized carbons (Fsp3) is 0.267. The van der Waals surface area contributed by atoms with Gasteiger partial charge in [0.25, 0.3) is 0 Å². The molecular formula is C15H16N2O3S. The number of thiazole rings is 1. The maximum Gasteiger partial charge on any atom is 0.306 e. The molecule has 2 rings (SSSR count). The summed E-state index contributed by atoms with van der Waals surface area (Å²) in [6.45, 7) is 2.07. The fourth-order valence-electron chi connectivity index (χ4n) is 1.73. The lowest BCUT2D eigenvalue weighted by atomic mass is 10.2. The minimum Gasteiger partial charge on any atom is -0.466 e. The molecule has 1 heterocycles. The Labute approximate surface area is 127 Å². The van der Waals surface area contributed by atoms with Crippen LogP contribution in [0.4, 0.5) is 5.69 Å². The molecule has 1 N–H and O–H groups in total. The van der Waals surface area contributed by atoms with Gasteiger partial charge in [-0.25, -0.2) is 4.98 Å². The summed E-state index contributed by atoms with van der Waals surface area (Å²) in [6.07, 6.45) is 1.97. The molecule has 0 aliphatic heterocycles. The molecule has 1 aromatic heterocycles. The van der Waals surface area contributed by atoms with E-state index in [1.165, 1.54) is 0 Å². The number of esters is 1. The molecule has 0 fully saturated rings. The predicted octanol–water partition coefficient (Wildman–Crippen LogP) is 3.09. The van der Waals surface area contributed by atoms with Crippen LogP contribution in [0.2, 0.25) is 0 Å². The molecule has 6 heteroatoms. The van der Waals surface area contributed by atoms with Crippen molar-refractivity contribution < 1.29 is 14.3 Å². The van der Waals surface area contributed by atoms with E-state index in [1.807, 2.05) is 29.6 Å². The summed E-state index contributed by atoms with van der Waals surface area (Å²) in [5.74, 6) is -0.559. The number of carbonyl (C=O) groups excluding carboxylic acids is 2. The van der Waals surface area contributed by atoms with Gasteiger partial charge in [0, 0.05) is 29.2 Å². The highest BCUT2D eigenvalue weighted by Crippen LogP contribution is 2.23. The van der Waals surface area contributed by atoms with Crippen molar-refractivity contribution in [2.45, 2.75) is 19.8 Å². The Hall–Kier alpha value is -2.21. The highest BCUT2D eigenvalue weighted by atomic mass is 32.1. The monoisotopic (exact) mass is 304 g/mol. The molecule has 1 aromatic carbocycles. The van der Waals surface area contributed by atoms with E-state index in [4.69, 9.17) is 4.74 Å². The standard InChI is InChI=1S/C15H16N2O3S/c1-2-20-14(19)8-7-13(18)17-12-5-3-11(4-6-12)15-16-9-10-21-15/h3-6,9-10H,2,7-8H2,1H3,(H,17,18). The molecule has 0 spiro atoms. The van der Waals surface area contributed by atoms with E-state index in [0.29, 0.717) is 12.3 Å². The summed E-state index contributed by atoms with van der Waals surface area (Å²) >= 11 is 1.56. The molecular weight excluding hydrogens is 288 g/mol. The lowest BCUT2D eigenvalue weighted by Gasteiger charge is -2.06. The van der Waals surface area contributed by atoms with Crippen molar-refractivity contribution in [2.75, 3.05) is 11.9 Å². The van der Waals surface area contributed by atoms with Gasteiger partial charge >= 0.3 is 5.97 Å². The fourth-order valence-corrected chi connectivity index (χ4v) is 2.38. The maximum absolute atomic E-state index is 11.7. The van der Waals surface area contributed by atoms with Gasteiger partial charge in [0.15, 0.2) is 0 Å². The SMILES string of the molecule is CCOC(=O)CCC(=O)Nc1ccc(-c2nccs2)cc1. The van der Waals surface area contributed by atoms with Gasteiger partial charge in [-0.1, -0.05) is 0 Å². The molecule has 0 saturated heterocycles. The minimum atomic E-state index is -0.355. The smallest absolute Gasteiger partial charge is 0.306 e. The summed E-state index contributed by atoms with van der Waals surface area (Å²) in [7, 11) is 0. The van der Waals surface area contributed by atoms with Crippen molar-refractivity contribution in [3.63, 3.8) is 0 Å². The van der Waals surface area contributed by atoms with Crippen LogP contribution in [0.3, 0.4) is 0 Å². The van der Waals surface area contributed by atoms with Crippen LogP contribution in [0.15, 0.2) is 35.8 Å². The van der Waals surface area contributed by atoms with Crippen molar-refractivity contribution in [1.82, 2.24) is 4.98 Å².